The van der Waals surface area contributed by atoms with E-state index in [1.807, 2.05) is 55.6 Å². The summed E-state index contributed by atoms with van der Waals surface area (Å²) in [6, 6.07) is 17.9. The summed E-state index contributed by atoms with van der Waals surface area (Å²) in [6.45, 7) is 0.933. The minimum atomic E-state index is -0.0373. The largest absolute Gasteiger partial charge is 0.383 e. The van der Waals surface area contributed by atoms with Gasteiger partial charge in [-0.1, -0.05) is 36.4 Å². The van der Waals surface area contributed by atoms with Gasteiger partial charge in [-0.15, -0.1) is 0 Å². The first-order valence-corrected chi connectivity index (χ1v) is 9.87. The third kappa shape index (κ3) is 3.61. The number of amides is 1. The number of ether oxygens (including phenoxy) is 1. The lowest BCUT2D eigenvalue weighted by Gasteiger charge is -2.14. The number of nitrogens with zero attached hydrogens (tertiary/aromatic N) is 3. The van der Waals surface area contributed by atoms with E-state index in [4.69, 9.17) is 4.74 Å². The molecule has 0 spiro atoms. The third-order valence-corrected chi connectivity index (χ3v) is 5.61. The summed E-state index contributed by atoms with van der Waals surface area (Å²) in [5.41, 5.74) is 2.99. The van der Waals surface area contributed by atoms with Crippen LogP contribution in [-0.4, -0.2) is 40.8 Å². The number of methoxy groups -OCH3 is 1. The number of carbonyl (C=O) groups is 1. The van der Waals surface area contributed by atoms with Crippen molar-refractivity contribution >= 4 is 45.5 Å². The van der Waals surface area contributed by atoms with Gasteiger partial charge in [0.25, 0.3) is 5.91 Å². The SMILES string of the molecule is COCCN1C(=O)C(=Cc2cn(C)c3ccccc23)SC1=Nc1ccccc1. The van der Waals surface area contributed by atoms with E-state index in [-0.39, 0.29) is 5.91 Å². The summed E-state index contributed by atoms with van der Waals surface area (Å²) >= 11 is 1.41. The van der Waals surface area contributed by atoms with Crippen LogP contribution in [0.2, 0.25) is 0 Å². The number of aromatic nitrogens is 1. The highest BCUT2D eigenvalue weighted by molar-refractivity contribution is 8.18. The molecule has 2 heterocycles. The first-order valence-electron chi connectivity index (χ1n) is 9.05. The molecule has 0 saturated carbocycles. The van der Waals surface area contributed by atoms with E-state index in [0.29, 0.717) is 23.2 Å². The lowest BCUT2D eigenvalue weighted by Crippen LogP contribution is -2.32. The lowest BCUT2D eigenvalue weighted by atomic mass is 10.1. The van der Waals surface area contributed by atoms with Crippen LogP contribution in [0, 0.1) is 0 Å². The Kier molecular flexibility index (Phi) is 5.32. The van der Waals surface area contributed by atoms with E-state index in [0.717, 1.165) is 22.2 Å². The topological polar surface area (TPSA) is 46.8 Å². The summed E-state index contributed by atoms with van der Waals surface area (Å²) in [7, 11) is 3.65. The zero-order chi connectivity index (χ0) is 19.5. The average Bonchev–Trinajstić information content (AvgIpc) is 3.18. The minimum Gasteiger partial charge on any atom is -0.383 e. The second kappa shape index (κ2) is 8.04. The predicted octanol–water partition coefficient (Wildman–Crippen LogP) is 4.43. The predicted molar refractivity (Wildman–Crippen MR) is 116 cm³/mol. The van der Waals surface area contributed by atoms with Gasteiger partial charge in [0.1, 0.15) is 0 Å². The van der Waals surface area contributed by atoms with E-state index < -0.39 is 0 Å². The van der Waals surface area contributed by atoms with E-state index in [1.165, 1.54) is 11.8 Å². The van der Waals surface area contributed by atoms with E-state index >= 15 is 0 Å². The third-order valence-electron chi connectivity index (χ3n) is 4.60. The minimum absolute atomic E-state index is 0.0373. The number of thioether (sulfide) groups is 1. The van der Waals surface area contributed by atoms with Crippen molar-refractivity contribution in [2.24, 2.45) is 12.0 Å². The number of carbonyl (C=O) groups excluding carboxylic acids is 1. The van der Waals surface area contributed by atoms with Gasteiger partial charge in [0.15, 0.2) is 5.17 Å². The highest BCUT2D eigenvalue weighted by Crippen LogP contribution is 2.35. The fourth-order valence-electron chi connectivity index (χ4n) is 3.21. The number of para-hydroxylation sites is 2. The van der Waals surface area contributed by atoms with Gasteiger partial charge in [-0.05, 0) is 36.0 Å². The molecule has 1 saturated heterocycles. The summed E-state index contributed by atoms with van der Waals surface area (Å²) in [5.74, 6) is -0.0373. The average molecular weight is 391 g/mol. The summed E-state index contributed by atoms with van der Waals surface area (Å²) in [4.78, 5) is 20.1. The summed E-state index contributed by atoms with van der Waals surface area (Å²) in [5, 5.41) is 1.81. The normalized spacial score (nSPS) is 17.4. The Hall–Kier alpha value is -2.83. The highest BCUT2D eigenvalue weighted by Gasteiger charge is 2.33. The van der Waals surface area contributed by atoms with Crippen LogP contribution in [0.1, 0.15) is 5.56 Å². The number of aryl methyl sites for hydroxylation is 1. The van der Waals surface area contributed by atoms with Crippen molar-refractivity contribution in [3.8, 4) is 0 Å². The van der Waals surface area contributed by atoms with Crippen LogP contribution in [-0.2, 0) is 16.6 Å². The molecule has 1 amide bonds. The number of benzene rings is 2. The smallest absolute Gasteiger partial charge is 0.266 e. The van der Waals surface area contributed by atoms with Crippen LogP contribution in [0.15, 0.2) is 70.7 Å². The van der Waals surface area contributed by atoms with Gasteiger partial charge in [0, 0.05) is 36.8 Å². The maximum absolute atomic E-state index is 13.1. The number of aliphatic imine (C=N–C) groups is 1. The quantitative estimate of drug-likeness (QED) is 0.605. The van der Waals surface area contributed by atoms with E-state index in [2.05, 4.69) is 27.9 Å². The van der Waals surface area contributed by atoms with Crippen molar-refractivity contribution in [3.05, 3.63) is 71.3 Å². The second-order valence-electron chi connectivity index (χ2n) is 6.50. The van der Waals surface area contributed by atoms with Crippen molar-refractivity contribution in [3.63, 3.8) is 0 Å². The monoisotopic (exact) mass is 391 g/mol. The Labute approximate surface area is 168 Å². The Morgan fingerprint density at radius 1 is 1.11 bits per heavy atom. The Balaban J connectivity index is 1.72. The molecular formula is C22H21N3O2S. The molecule has 4 rings (SSSR count). The van der Waals surface area contributed by atoms with Gasteiger partial charge in [0.2, 0.25) is 0 Å². The van der Waals surface area contributed by atoms with E-state index in [9.17, 15) is 4.79 Å². The number of fused-ring (bicyclic) bond motifs is 1. The molecule has 6 heteroatoms. The van der Waals surface area contributed by atoms with Gasteiger partial charge in [-0.25, -0.2) is 4.99 Å². The van der Waals surface area contributed by atoms with E-state index in [1.54, 1.807) is 12.0 Å². The molecule has 142 valence electrons. The van der Waals surface area contributed by atoms with Gasteiger partial charge in [-0.3, -0.25) is 9.69 Å². The van der Waals surface area contributed by atoms with Crippen LogP contribution in [0.3, 0.4) is 0 Å². The second-order valence-corrected chi connectivity index (χ2v) is 7.51. The van der Waals surface area contributed by atoms with Crippen LogP contribution in [0.4, 0.5) is 5.69 Å². The summed E-state index contributed by atoms with van der Waals surface area (Å²) in [6.07, 6.45) is 4.01. The van der Waals surface area contributed by atoms with Gasteiger partial charge >= 0.3 is 0 Å². The summed E-state index contributed by atoms with van der Waals surface area (Å²) < 4.78 is 7.26. The molecule has 3 aromatic rings. The van der Waals surface area contributed by atoms with Crippen molar-refractivity contribution < 1.29 is 9.53 Å². The molecule has 1 aliphatic rings. The standard InChI is InChI=1S/C22H21N3O2S/c1-24-15-16(18-10-6-7-11-19(18)24)14-20-21(26)25(12-13-27-2)22(28-20)23-17-8-4-3-5-9-17/h3-11,14-15H,12-13H2,1-2H3. The number of hydrogen-bond donors (Lipinski definition) is 0. The number of hydrogen-bond acceptors (Lipinski definition) is 4. The molecule has 0 aliphatic carbocycles. The molecule has 0 bridgehead atoms. The Morgan fingerprint density at radius 3 is 2.64 bits per heavy atom. The van der Waals surface area contributed by atoms with Crippen LogP contribution < -0.4 is 0 Å². The molecule has 0 radical (unpaired) electrons. The zero-order valence-electron chi connectivity index (χ0n) is 15.8. The van der Waals surface area contributed by atoms with Crippen molar-refractivity contribution in [2.75, 3.05) is 20.3 Å². The van der Waals surface area contributed by atoms with Crippen LogP contribution in [0.5, 0.6) is 0 Å². The maximum Gasteiger partial charge on any atom is 0.266 e. The Morgan fingerprint density at radius 2 is 1.86 bits per heavy atom. The van der Waals surface area contributed by atoms with Gasteiger partial charge < -0.3 is 9.30 Å². The molecule has 1 aliphatic heterocycles. The molecule has 1 aromatic heterocycles. The molecule has 28 heavy (non-hydrogen) atoms. The van der Waals surface area contributed by atoms with Crippen molar-refractivity contribution in [2.45, 2.75) is 0 Å². The molecule has 0 atom stereocenters. The fraction of sp³-hybridized carbons (Fsp3) is 0.182. The molecule has 2 aromatic carbocycles. The molecule has 1 fully saturated rings. The fourth-order valence-corrected chi connectivity index (χ4v) is 4.23. The van der Waals surface area contributed by atoms with Gasteiger partial charge in [-0.2, -0.15) is 0 Å². The highest BCUT2D eigenvalue weighted by atomic mass is 32.2. The van der Waals surface area contributed by atoms with Crippen LogP contribution in [0.25, 0.3) is 17.0 Å². The number of rotatable bonds is 5. The molecule has 5 nitrogen and oxygen atoms in total. The first kappa shape index (κ1) is 18.5. The van der Waals surface area contributed by atoms with Crippen LogP contribution >= 0.6 is 11.8 Å². The molecule has 0 N–H and O–H groups in total. The van der Waals surface area contributed by atoms with Crippen molar-refractivity contribution in [1.82, 2.24) is 9.47 Å². The number of amidine groups is 1. The zero-order valence-corrected chi connectivity index (χ0v) is 16.6. The lowest BCUT2D eigenvalue weighted by molar-refractivity contribution is -0.122. The Bertz CT molecular complexity index is 1070. The van der Waals surface area contributed by atoms with Crippen molar-refractivity contribution in [1.29, 1.82) is 0 Å². The van der Waals surface area contributed by atoms with Gasteiger partial charge in [0.05, 0.1) is 23.7 Å². The molecule has 0 unspecified atom stereocenters. The first-order chi connectivity index (χ1) is 13.7. The maximum atomic E-state index is 13.1. The molecular weight excluding hydrogens is 370 g/mol.